The average molecular weight is 449 g/mol. The Kier molecular flexibility index (Phi) is 4.93. The molecule has 2 rings (SSSR count). The van der Waals surface area contributed by atoms with E-state index in [-0.39, 0.29) is 16.1 Å². The highest BCUT2D eigenvalue weighted by atomic mass is 79.9. The molecule has 2 aromatic rings. The number of carboxylic acid groups (broad SMARTS) is 1. The van der Waals surface area contributed by atoms with E-state index in [2.05, 4.69) is 36.6 Å². The molecule has 0 radical (unpaired) electrons. The molecule has 0 spiro atoms. The smallest absolute Gasteiger partial charge is 0.337 e. The van der Waals surface area contributed by atoms with Crippen LogP contribution in [0.2, 0.25) is 0 Å². The van der Waals surface area contributed by atoms with Gasteiger partial charge in [-0.3, -0.25) is 4.72 Å². The Morgan fingerprint density at radius 1 is 1.18 bits per heavy atom. The van der Waals surface area contributed by atoms with E-state index in [1.54, 1.807) is 31.2 Å². The molecule has 0 aromatic heterocycles. The molecule has 116 valence electrons. The first-order valence-electron chi connectivity index (χ1n) is 6.03. The Balaban J connectivity index is 2.55. The molecular formula is C14H11Br2NO4S. The maximum Gasteiger partial charge on any atom is 0.337 e. The minimum Gasteiger partial charge on any atom is -0.478 e. The fraction of sp³-hybridized carbons (Fsp3) is 0.0714. The molecule has 2 N–H and O–H groups in total. The van der Waals surface area contributed by atoms with Gasteiger partial charge in [-0.25, -0.2) is 13.2 Å². The Morgan fingerprint density at radius 2 is 1.86 bits per heavy atom. The van der Waals surface area contributed by atoms with Gasteiger partial charge in [0.2, 0.25) is 0 Å². The third-order valence-electron chi connectivity index (χ3n) is 2.92. The fourth-order valence-corrected chi connectivity index (χ4v) is 4.51. The van der Waals surface area contributed by atoms with Crippen molar-refractivity contribution in [2.75, 3.05) is 4.72 Å². The molecule has 0 unspecified atom stereocenters. The largest absolute Gasteiger partial charge is 0.478 e. The zero-order chi connectivity index (χ0) is 16.5. The number of nitrogens with one attached hydrogen (secondary N) is 1. The molecule has 2 aromatic carbocycles. The zero-order valence-corrected chi connectivity index (χ0v) is 15.3. The minimum absolute atomic E-state index is 0.0152. The first kappa shape index (κ1) is 17.0. The van der Waals surface area contributed by atoms with Crippen LogP contribution in [0.25, 0.3) is 0 Å². The number of sulfonamides is 1. The van der Waals surface area contributed by atoms with Crippen LogP contribution in [0.4, 0.5) is 5.69 Å². The molecule has 8 heteroatoms. The van der Waals surface area contributed by atoms with Crippen molar-refractivity contribution in [2.24, 2.45) is 0 Å². The monoisotopic (exact) mass is 447 g/mol. The summed E-state index contributed by atoms with van der Waals surface area (Å²) in [6, 6.07) is 9.27. The van der Waals surface area contributed by atoms with Crippen LogP contribution < -0.4 is 4.72 Å². The average Bonchev–Trinajstić information content (AvgIpc) is 2.43. The lowest BCUT2D eigenvalue weighted by Crippen LogP contribution is -2.17. The van der Waals surface area contributed by atoms with Crippen molar-refractivity contribution in [3.8, 4) is 0 Å². The van der Waals surface area contributed by atoms with Gasteiger partial charge in [0.1, 0.15) is 4.90 Å². The second kappa shape index (κ2) is 6.39. The standard InChI is InChI=1S/C14H11Br2NO4S/c1-8-3-2-4-10(14(18)19)13(8)17-22(20,21)12-7-9(15)5-6-11(12)16/h2-7,17H,1H3,(H,18,19). The number of carboxylic acids is 1. The van der Waals surface area contributed by atoms with Crippen LogP contribution in [0.15, 0.2) is 50.2 Å². The summed E-state index contributed by atoms with van der Waals surface area (Å²) in [5, 5.41) is 9.20. The van der Waals surface area contributed by atoms with Gasteiger partial charge in [0.15, 0.2) is 0 Å². The van der Waals surface area contributed by atoms with Crippen LogP contribution in [0.1, 0.15) is 15.9 Å². The summed E-state index contributed by atoms with van der Waals surface area (Å²) in [6.45, 7) is 1.64. The van der Waals surface area contributed by atoms with E-state index in [0.717, 1.165) is 0 Å². The Bertz CT molecular complexity index is 850. The van der Waals surface area contributed by atoms with E-state index in [9.17, 15) is 18.3 Å². The highest BCUT2D eigenvalue weighted by Crippen LogP contribution is 2.29. The second-order valence-electron chi connectivity index (χ2n) is 4.48. The van der Waals surface area contributed by atoms with Crippen LogP contribution in [0.3, 0.4) is 0 Å². The molecule has 0 bridgehead atoms. The van der Waals surface area contributed by atoms with Gasteiger partial charge in [-0.1, -0.05) is 28.1 Å². The van der Waals surface area contributed by atoms with Gasteiger partial charge < -0.3 is 5.11 Å². The van der Waals surface area contributed by atoms with E-state index in [4.69, 9.17) is 0 Å². The topological polar surface area (TPSA) is 83.5 Å². The second-order valence-corrected chi connectivity index (χ2v) is 7.90. The summed E-state index contributed by atoms with van der Waals surface area (Å²) in [5.41, 5.74) is 0.478. The van der Waals surface area contributed by atoms with Crippen LogP contribution in [-0.2, 0) is 10.0 Å². The van der Waals surface area contributed by atoms with E-state index in [0.29, 0.717) is 14.5 Å². The van der Waals surface area contributed by atoms with E-state index < -0.39 is 16.0 Å². The lowest BCUT2D eigenvalue weighted by Gasteiger charge is -2.14. The molecule has 0 amide bonds. The van der Waals surface area contributed by atoms with Gasteiger partial charge in [-0.05, 0) is 52.7 Å². The number of hydrogen-bond donors (Lipinski definition) is 2. The number of rotatable bonds is 4. The SMILES string of the molecule is Cc1cccc(C(=O)O)c1NS(=O)(=O)c1cc(Br)ccc1Br. The zero-order valence-electron chi connectivity index (χ0n) is 11.3. The number of para-hydroxylation sites is 1. The van der Waals surface area contributed by atoms with Crippen molar-refractivity contribution in [2.45, 2.75) is 11.8 Å². The molecule has 0 heterocycles. The van der Waals surface area contributed by atoms with Crippen molar-refractivity contribution in [3.63, 3.8) is 0 Å². The molecule has 5 nitrogen and oxygen atoms in total. The summed E-state index contributed by atoms with van der Waals surface area (Å²) in [6.07, 6.45) is 0. The molecule has 0 aliphatic carbocycles. The van der Waals surface area contributed by atoms with Gasteiger partial charge in [0.25, 0.3) is 10.0 Å². The highest BCUT2D eigenvalue weighted by Gasteiger charge is 2.22. The van der Waals surface area contributed by atoms with Crippen molar-refractivity contribution in [1.82, 2.24) is 0 Å². The molecule has 0 atom stereocenters. The number of hydrogen-bond acceptors (Lipinski definition) is 3. The van der Waals surface area contributed by atoms with Gasteiger partial charge in [-0.15, -0.1) is 0 Å². The van der Waals surface area contributed by atoms with Crippen molar-refractivity contribution < 1.29 is 18.3 Å². The Labute approximate surface area is 144 Å². The lowest BCUT2D eigenvalue weighted by atomic mass is 10.1. The summed E-state index contributed by atoms with van der Waals surface area (Å²) in [4.78, 5) is 11.3. The minimum atomic E-state index is -3.94. The van der Waals surface area contributed by atoms with Crippen molar-refractivity contribution in [3.05, 3.63) is 56.5 Å². The number of benzene rings is 2. The number of carbonyl (C=O) groups is 1. The predicted molar refractivity (Wildman–Crippen MR) is 90.8 cm³/mol. The first-order valence-corrected chi connectivity index (χ1v) is 9.10. The molecule has 0 saturated carbocycles. The fourth-order valence-electron chi connectivity index (χ4n) is 1.85. The maximum absolute atomic E-state index is 12.5. The third-order valence-corrected chi connectivity index (χ3v) is 5.76. The summed E-state index contributed by atoms with van der Waals surface area (Å²) in [7, 11) is -3.94. The molecule has 0 saturated heterocycles. The van der Waals surface area contributed by atoms with Crippen LogP contribution in [0, 0.1) is 6.92 Å². The van der Waals surface area contributed by atoms with Crippen LogP contribution in [0.5, 0.6) is 0 Å². The molecule has 0 aliphatic rings. The molecule has 0 fully saturated rings. The number of aromatic carboxylic acids is 1. The lowest BCUT2D eigenvalue weighted by molar-refractivity contribution is 0.0698. The number of anilines is 1. The number of halogens is 2. The summed E-state index contributed by atoms with van der Waals surface area (Å²) in [5.74, 6) is -1.20. The molecule has 0 aliphatic heterocycles. The number of aryl methyl sites for hydroxylation is 1. The van der Waals surface area contributed by atoms with Gasteiger partial charge >= 0.3 is 5.97 Å². The van der Waals surface area contributed by atoms with E-state index in [1.807, 2.05) is 0 Å². The first-order chi connectivity index (χ1) is 10.2. The van der Waals surface area contributed by atoms with Crippen LogP contribution in [-0.4, -0.2) is 19.5 Å². The van der Waals surface area contributed by atoms with Crippen LogP contribution >= 0.6 is 31.9 Å². The van der Waals surface area contributed by atoms with E-state index in [1.165, 1.54) is 12.1 Å². The van der Waals surface area contributed by atoms with Gasteiger partial charge in [-0.2, -0.15) is 0 Å². The molecule has 22 heavy (non-hydrogen) atoms. The van der Waals surface area contributed by atoms with Crippen molar-refractivity contribution >= 4 is 53.5 Å². The predicted octanol–water partition coefficient (Wildman–Crippen LogP) is 4.02. The van der Waals surface area contributed by atoms with Crippen molar-refractivity contribution in [1.29, 1.82) is 0 Å². The maximum atomic E-state index is 12.5. The van der Waals surface area contributed by atoms with Gasteiger partial charge in [0, 0.05) is 8.95 Å². The quantitative estimate of drug-likeness (QED) is 0.739. The normalized spacial score (nSPS) is 11.2. The Morgan fingerprint density at radius 3 is 2.50 bits per heavy atom. The van der Waals surface area contributed by atoms with Gasteiger partial charge in [0.05, 0.1) is 11.3 Å². The molecular weight excluding hydrogens is 438 g/mol. The summed E-state index contributed by atoms with van der Waals surface area (Å²) < 4.78 is 28.4. The van der Waals surface area contributed by atoms with E-state index >= 15 is 0 Å². The Hall–Kier alpha value is -1.38. The summed E-state index contributed by atoms with van der Waals surface area (Å²) >= 11 is 6.41. The third kappa shape index (κ3) is 3.50. The highest BCUT2D eigenvalue weighted by molar-refractivity contribution is 9.11.